The highest BCUT2D eigenvalue weighted by atomic mass is 16.5. The van der Waals surface area contributed by atoms with Crippen LogP contribution in [-0.2, 0) is 11.1 Å². The van der Waals surface area contributed by atoms with Crippen LogP contribution in [0.25, 0.3) is 11.3 Å². The number of Topliss-reactive ketones (excluding diaryl/α,β-unsaturated/α-hetero) is 1. The number of pyridine rings is 1. The van der Waals surface area contributed by atoms with Crippen molar-refractivity contribution < 1.29 is 29.2 Å². The molecule has 0 bridgehead atoms. The monoisotopic (exact) mass is 549 g/mol. The molecule has 0 amide bonds. The summed E-state index contributed by atoms with van der Waals surface area (Å²) in [5.41, 5.74) is 10.2. The number of ketones is 1. The van der Waals surface area contributed by atoms with E-state index in [1.165, 1.54) is 14.2 Å². The van der Waals surface area contributed by atoms with Gasteiger partial charge in [0.15, 0.2) is 17.3 Å². The second-order valence-electron chi connectivity index (χ2n) is 10.9. The third-order valence-electron chi connectivity index (χ3n) is 7.39. The van der Waals surface area contributed by atoms with Crippen molar-refractivity contribution in [2.24, 2.45) is 5.73 Å². The van der Waals surface area contributed by atoms with Crippen molar-refractivity contribution in [3.8, 4) is 28.5 Å². The number of nitrogens with zero attached hydrogens (tertiary/aromatic N) is 2. The molecule has 2 aromatic carbocycles. The molecule has 2 atom stereocenters. The van der Waals surface area contributed by atoms with Gasteiger partial charge in [0.05, 0.1) is 43.4 Å². The molecule has 1 aliphatic heterocycles. The Bertz CT molecular complexity index is 1360. The van der Waals surface area contributed by atoms with Gasteiger partial charge in [0, 0.05) is 36.7 Å². The molecule has 0 saturated heterocycles. The van der Waals surface area contributed by atoms with Crippen molar-refractivity contribution in [3.63, 3.8) is 0 Å². The predicted octanol–water partition coefficient (Wildman–Crippen LogP) is 3.94. The highest BCUT2D eigenvalue weighted by molar-refractivity contribution is 5.97. The molecule has 3 aromatic rings. The smallest absolute Gasteiger partial charge is 0.203 e. The van der Waals surface area contributed by atoms with Gasteiger partial charge < -0.3 is 35.1 Å². The van der Waals surface area contributed by atoms with Crippen LogP contribution in [0.2, 0.25) is 0 Å². The van der Waals surface area contributed by atoms with Crippen molar-refractivity contribution in [3.05, 3.63) is 64.8 Å². The van der Waals surface area contributed by atoms with Crippen molar-refractivity contribution in [2.45, 2.75) is 44.8 Å². The largest absolute Gasteiger partial charge is 0.493 e. The fourth-order valence-electron chi connectivity index (χ4n) is 5.17. The second kappa shape index (κ2) is 11.4. The van der Waals surface area contributed by atoms with Gasteiger partial charge >= 0.3 is 0 Å². The van der Waals surface area contributed by atoms with Crippen LogP contribution in [0.1, 0.15) is 53.9 Å². The molecule has 0 radical (unpaired) electrons. The van der Waals surface area contributed by atoms with Gasteiger partial charge in [0.25, 0.3) is 0 Å². The quantitative estimate of drug-likeness (QED) is 0.305. The molecule has 1 aliphatic rings. The first-order valence-electron chi connectivity index (χ1n) is 13.3. The van der Waals surface area contributed by atoms with E-state index in [9.17, 15) is 9.90 Å². The SMILES string of the molecule is COc1cc(C(=O)CCC(C)(O)c2cc3c(c(-c4ccc(C)cc4)n2)N(C)CC3(C)N)cc(OC)c1OCCO. The summed E-state index contributed by atoms with van der Waals surface area (Å²) >= 11 is 0. The lowest BCUT2D eigenvalue weighted by Gasteiger charge is -2.26. The normalized spacial score (nSPS) is 17.8. The van der Waals surface area contributed by atoms with E-state index in [4.69, 9.17) is 30.0 Å². The van der Waals surface area contributed by atoms with E-state index in [-0.39, 0.29) is 31.8 Å². The van der Waals surface area contributed by atoms with Crippen LogP contribution in [-0.4, -0.2) is 62.0 Å². The summed E-state index contributed by atoms with van der Waals surface area (Å²) < 4.78 is 16.4. The Morgan fingerprint density at radius 1 is 1.15 bits per heavy atom. The maximum atomic E-state index is 13.3. The Morgan fingerprint density at radius 2 is 1.77 bits per heavy atom. The zero-order valence-corrected chi connectivity index (χ0v) is 24.1. The average molecular weight is 550 g/mol. The van der Waals surface area contributed by atoms with Crippen LogP contribution >= 0.6 is 0 Å². The minimum atomic E-state index is -1.40. The number of aromatic nitrogens is 1. The van der Waals surface area contributed by atoms with E-state index in [0.717, 1.165) is 28.1 Å². The molecule has 1 aromatic heterocycles. The number of hydrogen-bond donors (Lipinski definition) is 3. The van der Waals surface area contributed by atoms with Gasteiger partial charge in [-0.3, -0.25) is 4.79 Å². The van der Waals surface area contributed by atoms with E-state index in [1.807, 2.05) is 51.2 Å². The lowest BCUT2D eigenvalue weighted by molar-refractivity contribution is 0.0397. The molecular formula is C31H39N3O6. The molecular weight excluding hydrogens is 510 g/mol. The number of hydrogen-bond acceptors (Lipinski definition) is 9. The van der Waals surface area contributed by atoms with Gasteiger partial charge in [-0.15, -0.1) is 0 Å². The number of aryl methyl sites for hydroxylation is 1. The summed E-state index contributed by atoms with van der Waals surface area (Å²) in [6.45, 7) is 6.18. The van der Waals surface area contributed by atoms with E-state index in [1.54, 1.807) is 19.1 Å². The summed E-state index contributed by atoms with van der Waals surface area (Å²) in [6, 6.07) is 13.1. The summed E-state index contributed by atoms with van der Waals surface area (Å²) in [5, 5.41) is 20.8. The van der Waals surface area contributed by atoms with E-state index in [2.05, 4.69) is 4.90 Å². The van der Waals surface area contributed by atoms with Crippen LogP contribution in [0.4, 0.5) is 5.69 Å². The van der Waals surface area contributed by atoms with E-state index < -0.39 is 11.1 Å². The Morgan fingerprint density at radius 3 is 2.35 bits per heavy atom. The number of aliphatic hydroxyl groups is 2. The van der Waals surface area contributed by atoms with Crippen LogP contribution in [0.3, 0.4) is 0 Å². The highest BCUT2D eigenvalue weighted by Crippen LogP contribution is 2.45. The maximum Gasteiger partial charge on any atom is 0.203 e. The fourth-order valence-corrected chi connectivity index (χ4v) is 5.17. The standard InChI is InChI=1S/C31H39N3O6/c1-19-7-9-20(10-8-19)27-28-22(30(2,32)18-34(28)4)17-26(33-27)31(3,37)12-11-23(36)21-15-24(38-5)29(40-14-13-35)25(16-21)39-6/h7-10,15-17,35,37H,11-14,18,32H2,1-6H3. The molecule has 40 heavy (non-hydrogen) atoms. The Hall–Kier alpha value is -3.66. The first-order chi connectivity index (χ1) is 18.9. The van der Waals surface area contributed by atoms with Crippen LogP contribution in [0, 0.1) is 6.92 Å². The molecule has 0 spiro atoms. The van der Waals surface area contributed by atoms with Gasteiger partial charge in [-0.2, -0.15) is 0 Å². The summed E-state index contributed by atoms with van der Waals surface area (Å²) in [5.74, 6) is 0.742. The lowest BCUT2D eigenvalue weighted by Crippen LogP contribution is -2.37. The van der Waals surface area contributed by atoms with Crippen LogP contribution in [0.15, 0.2) is 42.5 Å². The molecule has 0 saturated carbocycles. The van der Waals surface area contributed by atoms with Crippen molar-refractivity contribution in [1.82, 2.24) is 4.98 Å². The number of fused-ring (bicyclic) bond motifs is 1. The Labute approximate surface area is 235 Å². The minimum absolute atomic E-state index is 0.0502. The first-order valence-corrected chi connectivity index (χ1v) is 13.3. The Balaban J connectivity index is 1.65. The number of benzene rings is 2. The molecule has 9 nitrogen and oxygen atoms in total. The number of carbonyl (C=O) groups is 1. The van der Waals surface area contributed by atoms with Crippen molar-refractivity contribution in [2.75, 3.05) is 45.9 Å². The number of ether oxygens (including phenoxy) is 3. The number of aliphatic hydroxyl groups excluding tert-OH is 1. The van der Waals surface area contributed by atoms with Gasteiger partial charge in [-0.05, 0) is 45.4 Å². The molecule has 9 heteroatoms. The third-order valence-corrected chi connectivity index (χ3v) is 7.39. The molecule has 214 valence electrons. The summed E-state index contributed by atoms with van der Waals surface area (Å²) in [4.78, 5) is 20.3. The first kappa shape index (κ1) is 29.3. The maximum absolute atomic E-state index is 13.3. The van der Waals surface area contributed by atoms with Gasteiger partial charge in [0.1, 0.15) is 12.2 Å². The van der Waals surface area contributed by atoms with Gasteiger partial charge in [-0.25, -0.2) is 4.98 Å². The Kier molecular flexibility index (Phi) is 8.39. The van der Waals surface area contributed by atoms with Crippen LogP contribution < -0.4 is 24.8 Å². The molecule has 4 rings (SSSR count). The fraction of sp³-hybridized carbons (Fsp3) is 0.419. The third kappa shape index (κ3) is 5.77. The number of nitrogens with two attached hydrogens (primary N) is 1. The number of rotatable bonds is 11. The van der Waals surface area contributed by atoms with Crippen molar-refractivity contribution in [1.29, 1.82) is 0 Å². The van der Waals surface area contributed by atoms with Gasteiger partial charge in [0.2, 0.25) is 5.75 Å². The lowest BCUT2D eigenvalue weighted by atomic mass is 9.88. The number of likely N-dealkylation sites (N-methyl/N-ethyl adjacent to an activating group) is 1. The van der Waals surface area contributed by atoms with Gasteiger partial charge in [-0.1, -0.05) is 29.8 Å². The molecule has 4 N–H and O–H groups in total. The number of carbonyl (C=O) groups excluding carboxylic acids is 1. The van der Waals surface area contributed by atoms with Crippen LogP contribution in [0.5, 0.6) is 17.2 Å². The highest BCUT2D eigenvalue weighted by Gasteiger charge is 2.39. The molecule has 0 fully saturated rings. The average Bonchev–Trinajstić information content (AvgIpc) is 3.17. The second-order valence-corrected chi connectivity index (χ2v) is 10.9. The zero-order valence-electron chi connectivity index (χ0n) is 24.1. The topological polar surface area (TPSA) is 127 Å². The molecule has 0 aliphatic carbocycles. The van der Waals surface area contributed by atoms with Crippen molar-refractivity contribution >= 4 is 11.5 Å². The molecule has 2 heterocycles. The number of methoxy groups -OCH3 is 2. The van der Waals surface area contributed by atoms with E-state index >= 15 is 0 Å². The zero-order chi connectivity index (χ0) is 29.2. The summed E-state index contributed by atoms with van der Waals surface area (Å²) in [6.07, 6.45) is 0.185. The molecule has 2 unspecified atom stereocenters. The minimum Gasteiger partial charge on any atom is -0.493 e. The predicted molar refractivity (Wildman–Crippen MR) is 154 cm³/mol. The summed E-state index contributed by atoms with van der Waals surface area (Å²) in [7, 11) is 4.93. The number of anilines is 1. The van der Waals surface area contributed by atoms with E-state index in [0.29, 0.717) is 35.1 Å².